The lowest BCUT2D eigenvalue weighted by Gasteiger charge is -2.42. The fourth-order valence-corrected chi connectivity index (χ4v) is 5.11. The van der Waals surface area contributed by atoms with Crippen LogP contribution in [-0.2, 0) is 4.74 Å². The molecule has 2 fully saturated rings. The van der Waals surface area contributed by atoms with Crippen molar-refractivity contribution in [1.82, 2.24) is 20.3 Å². The minimum atomic E-state index is -2.82. The zero-order valence-electron chi connectivity index (χ0n) is 17.8. The molecule has 5 rings (SSSR count). The molecule has 0 aliphatic carbocycles. The number of nitrogens with one attached hydrogen (secondary N) is 1. The number of aromatic nitrogens is 3. The molecule has 4 heterocycles. The van der Waals surface area contributed by atoms with Gasteiger partial charge >= 0.3 is 0 Å². The van der Waals surface area contributed by atoms with Crippen molar-refractivity contribution in [2.45, 2.75) is 43.4 Å². The average Bonchev–Trinajstić information content (AvgIpc) is 2.96. The van der Waals surface area contributed by atoms with Crippen molar-refractivity contribution in [2.75, 3.05) is 7.11 Å². The molecule has 0 radical (unpaired) electrons. The molecule has 8 heteroatoms. The first kappa shape index (κ1) is 20.9. The maximum absolute atomic E-state index is 14.6. The SMILES string of the molecule is C=C(c1cnc(-c2cc3ccncc3cc2O)cn1)[C@H]1C[C@@]2(C)N[C@H](CC2(F)F)[C@@H]1OC. The fraction of sp³-hybridized carbons (Fsp3) is 0.375. The molecular weight excluding hydrogens is 414 g/mol. The highest BCUT2D eigenvalue weighted by atomic mass is 19.3. The number of benzene rings is 1. The van der Waals surface area contributed by atoms with Crippen molar-refractivity contribution in [1.29, 1.82) is 0 Å². The van der Waals surface area contributed by atoms with E-state index < -0.39 is 23.6 Å². The van der Waals surface area contributed by atoms with E-state index in [-0.39, 0.29) is 24.5 Å². The van der Waals surface area contributed by atoms with Crippen LogP contribution in [0.3, 0.4) is 0 Å². The molecule has 2 aromatic heterocycles. The first-order valence-electron chi connectivity index (χ1n) is 10.5. The van der Waals surface area contributed by atoms with Gasteiger partial charge in [-0.3, -0.25) is 15.0 Å². The van der Waals surface area contributed by atoms with Crippen molar-refractivity contribution in [3.05, 3.63) is 55.3 Å². The Hall–Kier alpha value is -2.97. The molecule has 2 N–H and O–H groups in total. The van der Waals surface area contributed by atoms with Gasteiger partial charge in [0.25, 0.3) is 5.92 Å². The summed E-state index contributed by atoms with van der Waals surface area (Å²) in [6.07, 6.45) is 6.01. The van der Waals surface area contributed by atoms with Gasteiger partial charge in [0.2, 0.25) is 0 Å². The van der Waals surface area contributed by atoms with Gasteiger partial charge in [-0.2, -0.15) is 0 Å². The van der Waals surface area contributed by atoms with E-state index in [1.165, 1.54) is 0 Å². The number of piperidine rings is 1. The van der Waals surface area contributed by atoms with Gasteiger partial charge < -0.3 is 15.2 Å². The van der Waals surface area contributed by atoms with E-state index in [1.54, 1.807) is 44.9 Å². The fourth-order valence-electron chi connectivity index (χ4n) is 5.11. The van der Waals surface area contributed by atoms with Crippen molar-refractivity contribution in [3.8, 4) is 17.0 Å². The molecule has 0 spiro atoms. The monoisotopic (exact) mass is 438 g/mol. The Morgan fingerprint density at radius 1 is 1.19 bits per heavy atom. The van der Waals surface area contributed by atoms with Gasteiger partial charge in [0.15, 0.2) is 0 Å². The molecule has 2 aliphatic heterocycles. The summed E-state index contributed by atoms with van der Waals surface area (Å²) in [5.74, 6) is -3.05. The van der Waals surface area contributed by atoms with Gasteiger partial charge in [0, 0.05) is 48.8 Å². The minimum Gasteiger partial charge on any atom is -0.507 e. The molecule has 166 valence electrons. The number of methoxy groups -OCH3 is 1. The summed E-state index contributed by atoms with van der Waals surface area (Å²) in [6, 6.07) is 4.88. The Bertz CT molecular complexity index is 1200. The second-order valence-electron chi connectivity index (χ2n) is 8.91. The van der Waals surface area contributed by atoms with Crippen molar-refractivity contribution >= 4 is 16.3 Å². The van der Waals surface area contributed by atoms with Crippen LogP contribution in [0, 0.1) is 5.92 Å². The number of aromatic hydroxyl groups is 1. The topological polar surface area (TPSA) is 80.2 Å². The number of phenolic OH excluding ortho intramolecular Hbond substituents is 1. The number of ether oxygens (including phenoxy) is 1. The van der Waals surface area contributed by atoms with E-state index >= 15 is 0 Å². The molecule has 2 saturated heterocycles. The zero-order valence-corrected chi connectivity index (χ0v) is 17.8. The average molecular weight is 438 g/mol. The third kappa shape index (κ3) is 3.17. The number of hydrogen-bond acceptors (Lipinski definition) is 6. The van der Waals surface area contributed by atoms with E-state index in [0.717, 1.165) is 10.8 Å². The maximum Gasteiger partial charge on any atom is 0.267 e. The summed E-state index contributed by atoms with van der Waals surface area (Å²) in [7, 11) is 1.54. The normalized spacial score (nSPS) is 28.7. The van der Waals surface area contributed by atoms with Crippen molar-refractivity contribution in [3.63, 3.8) is 0 Å². The van der Waals surface area contributed by atoms with Crippen LogP contribution >= 0.6 is 0 Å². The second kappa shape index (κ2) is 7.28. The summed E-state index contributed by atoms with van der Waals surface area (Å²) >= 11 is 0. The van der Waals surface area contributed by atoms with Crippen LogP contribution in [0.4, 0.5) is 8.78 Å². The Kier molecular flexibility index (Phi) is 4.76. The van der Waals surface area contributed by atoms with Crippen molar-refractivity contribution in [2.24, 2.45) is 5.92 Å². The van der Waals surface area contributed by atoms with E-state index in [1.807, 2.05) is 12.1 Å². The first-order chi connectivity index (χ1) is 15.2. The third-order valence-electron chi connectivity index (χ3n) is 6.94. The highest BCUT2D eigenvalue weighted by Gasteiger charge is 2.64. The van der Waals surface area contributed by atoms with Crippen LogP contribution in [0.5, 0.6) is 5.75 Å². The van der Waals surface area contributed by atoms with Crippen LogP contribution in [0.15, 0.2) is 49.6 Å². The predicted octanol–water partition coefficient (Wildman–Crippen LogP) is 4.20. The van der Waals surface area contributed by atoms with Crippen LogP contribution in [0.2, 0.25) is 0 Å². The summed E-state index contributed by atoms with van der Waals surface area (Å²) in [4.78, 5) is 13.0. The van der Waals surface area contributed by atoms with Crippen LogP contribution in [-0.4, -0.2) is 50.8 Å². The van der Waals surface area contributed by atoms with Crippen LogP contribution < -0.4 is 5.32 Å². The third-order valence-corrected chi connectivity index (χ3v) is 6.94. The Balaban J connectivity index is 1.44. The highest BCUT2D eigenvalue weighted by molar-refractivity contribution is 5.89. The molecule has 2 aliphatic rings. The molecule has 6 nitrogen and oxygen atoms in total. The Morgan fingerprint density at radius 2 is 2.00 bits per heavy atom. The van der Waals surface area contributed by atoms with Gasteiger partial charge in [-0.1, -0.05) is 6.58 Å². The van der Waals surface area contributed by atoms with E-state index in [4.69, 9.17) is 4.74 Å². The molecule has 3 aromatic rings. The number of nitrogens with zero attached hydrogens (tertiary/aromatic N) is 3. The van der Waals surface area contributed by atoms with Gasteiger partial charge in [-0.15, -0.1) is 0 Å². The zero-order chi connectivity index (χ0) is 22.7. The summed E-state index contributed by atoms with van der Waals surface area (Å²) in [5, 5.41) is 15.3. The van der Waals surface area contributed by atoms with Gasteiger partial charge in [-0.25, -0.2) is 8.78 Å². The maximum atomic E-state index is 14.6. The lowest BCUT2D eigenvalue weighted by atomic mass is 9.77. The molecule has 0 amide bonds. The van der Waals surface area contributed by atoms with E-state index in [2.05, 4.69) is 26.8 Å². The number of phenols is 1. The summed E-state index contributed by atoms with van der Waals surface area (Å²) in [5.41, 5.74) is 0.901. The number of halogens is 2. The second-order valence-corrected chi connectivity index (χ2v) is 8.91. The number of alkyl halides is 2. The lowest BCUT2D eigenvalue weighted by molar-refractivity contribution is -0.0630. The number of fused-ring (bicyclic) bond motifs is 3. The standard InChI is InChI=1S/C24H24F2N4O2/c1-13(17-8-23(2)24(25,26)9-18(30-23)22(17)32-3)19-11-29-20(12-28-19)16-6-14-4-5-27-10-15(14)7-21(16)31/h4-7,10-12,17-18,22,30-31H,1,8-9H2,2-3H3/t17-,18-,22-,23-/m1/s1. The summed E-state index contributed by atoms with van der Waals surface area (Å²) in [6.45, 7) is 5.73. The van der Waals surface area contributed by atoms with Gasteiger partial charge in [0.1, 0.15) is 5.75 Å². The molecule has 32 heavy (non-hydrogen) atoms. The molecule has 4 atom stereocenters. The molecule has 0 unspecified atom stereocenters. The summed E-state index contributed by atoms with van der Waals surface area (Å²) < 4.78 is 34.9. The Labute approximate surface area is 184 Å². The van der Waals surface area contributed by atoms with Gasteiger partial charge in [-0.05, 0) is 42.5 Å². The van der Waals surface area contributed by atoms with Crippen LogP contribution in [0.1, 0.15) is 25.5 Å². The molecular formula is C24H24F2N4O2. The molecule has 1 aromatic carbocycles. The number of rotatable bonds is 4. The van der Waals surface area contributed by atoms with Crippen molar-refractivity contribution < 1.29 is 18.6 Å². The first-order valence-corrected chi connectivity index (χ1v) is 10.5. The Morgan fingerprint density at radius 3 is 2.72 bits per heavy atom. The molecule has 0 saturated carbocycles. The van der Waals surface area contributed by atoms with Crippen LogP contribution in [0.25, 0.3) is 27.6 Å². The predicted molar refractivity (Wildman–Crippen MR) is 117 cm³/mol. The van der Waals surface area contributed by atoms with E-state index in [9.17, 15) is 13.9 Å². The highest BCUT2D eigenvalue weighted by Crippen LogP contribution is 2.51. The van der Waals surface area contributed by atoms with Gasteiger partial charge in [0.05, 0.1) is 35.4 Å². The smallest absolute Gasteiger partial charge is 0.267 e. The largest absolute Gasteiger partial charge is 0.507 e. The van der Waals surface area contributed by atoms with E-state index in [0.29, 0.717) is 22.5 Å². The quantitative estimate of drug-likeness (QED) is 0.636. The number of pyridine rings is 1. The minimum absolute atomic E-state index is 0.0795. The molecule has 2 bridgehead atoms. The number of hydrogen-bond donors (Lipinski definition) is 2. The lowest BCUT2D eigenvalue weighted by Crippen LogP contribution is -2.59.